The van der Waals surface area contributed by atoms with Gasteiger partial charge in [-0.05, 0) is 12.8 Å². The van der Waals surface area contributed by atoms with Crippen LogP contribution in [0.1, 0.15) is 90.9 Å². The van der Waals surface area contributed by atoms with Crippen molar-refractivity contribution in [2.45, 2.75) is 103 Å². The van der Waals surface area contributed by atoms with Crippen LogP contribution in [-0.2, 0) is 23.9 Å². The van der Waals surface area contributed by atoms with Gasteiger partial charge < -0.3 is 20.3 Å². The third-order valence-electron chi connectivity index (χ3n) is 4.62. The molecule has 0 bridgehead atoms. The Morgan fingerprint density at radius 1 is 0.833 bits per heavy atom. The number of ether oxygens (including phenoxy) is 2. The summed E-state index contributed by atoms with van der Waals surface area (Å²) in [5, 5.41) is 8.87. The third kappa shape index (κ3) is 17.6. The molecular formula is C22H41NO6S. The van der Waals surface area contributed by atoms with Crippen LogP contribution in [-0.4, -0.2) is 53.3 Å². The van der Waals surface area contributed by atoms with E-state index in [0.717, 1.165) is 57.8 Å². The summed E-state index contributed by atoms with van der Waals surface area (Å²) in [6.45, 7) is 4.27. The van der Waals surface area contributed by atoms with Gasteiger partial charge in [-0.25, -0.2) is 0 Å². The van der Waals surface area contributed by atoms with Gasteiger partial charge in [0.1, 0.15) is 18.8 Å². The van der Waals surface area contributed by atoms with Gasteiger partial charge in [0, 0.05) is 24.3 Å². The monoisotopic (exact) mass is 447 g/mol. The zero-order valence-corrected chi connectivity index (χ0v) is 19.6. The predicted octanol–water partition coefficient (Wildman–Crippen LogP) is 4.31. The van der Waals surface area contributed by atoms with Gasteiger partial charge >= 0.3 is 17.9 Å². The molecule has 0 aliphatic carbocycles. The molecule has 7 nitrogen and oxygen atoms in total. The van der Waals surface area contributed by atoms with Crippen molar-refractivity contribution in [1.29, 1.82) is 0 Å². The first-order valence-electron chi connectivity index (χ1n) is 11.3. The van der Waals surface area contributed by atoms with Gasteiger partial charge in [-0.1, -0.05) is 65.2 Å². The molecular weight excluding hydrogens is 406 g/mol. The molecule has 2 unspecified atom stereocenters. The normalized spacial score (nSPS) is 12.9. The SMILES string of the molecule is CCCCCCCC(=O)OCC(CSCC(N)C(=O)O)OC(=O)CCCCCCC. The second-order valence-electron chi connectivity index (χ2n) is 7.61. The van der Waals surface area contributed by atoms with Gasteiger partial charge in [0.15, 0.2) is 0 Å². The molecule has 0 spiro atoms. The Hall–Kier alpha value is -1.28. The highest BCUT2D eigenvalue weighted by Crippen LogP contribution is 2.12. The van der Waals surface area contributed by atoms with E-state index in [2.05, 4.69) is 13.8 Å². The van der Waals surface area contributed by atoms with Crippen LogP contribution in [0, 0.1) is 0 Å². The number of rotatable bonds is 20. The fourth-order valence-electron chi connectivity index (χ4n) is 2.76. The Labute approximate surface area is 185 Å². The molecule has 0 amide bonds. The van der Waals surface area contributed by atoms with Crippen LogP contribution in [0.5, 0.6) is 0 Å². The first-order valence-corrected chi connectivity index (χ1v) is 12.5. The van der Waals surface area contributed by atoms with E-state index in [0.29, 0.717) is 18.6 Å². The average Bonchev–Trinajstić information content (AvgIpc) is 2.71. The third-order valence-corrected chi connectivity index (χ3v) is 5.82. The number of aliphatic carboxylic acids is 1. The number of thioether (sulfide) groups is 1. The molecule has 0 saturated heterocycles. The van der Waals surface area contributed by atoms with E-state index in [4.69, 9.17) is 20.3 Å². The van der Waals surface area contributed by atoms with E-state index in [-0.39, 0.29) is 24.3 Å². The summed E-state index contributed by atoms with van der Waals surface area (Å²) in [5.74, 6) is -1.13. The summed E-state index contributed by atoms with van der Waals surface area (Å²) in [6.07, 6.45) is 10.5. The molecule has 3 N–H and O–H groups in total. The number of nitrogens with two attached hydrogens (primary N) is 1. The second-order valence-corrected chi connectivity index (χ2v) is 8.68. The highest BCUT2D eigenvalue weighted by molar-refractivity contribution is 7.99. The molecule has 0 aliphatic rings. The van der Waals surface area contributed by atoms with Gasteiger partial charge in [-0.15, -0.1) is 0 Å². The maximum absolute atomic E-state index is 12.1. The zero-order chi connectivity index (χ0) is 22.6. The van der Waals surface area contributed by atoms with E-state index < -0.39 is 18.1 Å². The van der Waals surface area contributed by atoms with Crippen molar-refractivity contribution in [1.82, 2.24) is 0 Å². The van der Waals surface area contributed by atoms with E-state index in [1.54, 1.807) is 0 Å². The van der Waals surface area contributed by atoms with Crippen molar-refractivity contribution >= 4 is 29.7 Å². The molecule has 0 heterocycles. The van der Waals surface area contributed by atoms with Gasteiger partial charge in [0.2, 0.25) is 0 Å². The van der Waals surface area contributed by atoms with Gasteiger partial charge in [-0.3, -0.25) is 14.4 Å². The minimum atomic E-state index is -1.07. The van der Waals surface area contributed by atoms with Crippen molar-refractivity contribution in [3.63, 3.8) is 0 Å². The van der Waals surface area contributed by atoms with Gasteiger partial charge in [0.05, 0.1) is 0 Å². The van der Waals surface area contributed by atoms with Crippen molar-refractivity contribution in [3.05, 3.63) is 0 Å². The standard InChI is InChI=1S/C22H41NO6S/c1-3-5-7-9-11-13-20(24)28-15-18(16-30-17-19(23)22(26)27)29-21(25)14-12-10-8-6-4-2/h18-19H,3-17,23H2,1-2H3,(H,26,27). The Bertz CT molecular complexity index is 475. The Balaban J connectivity index is 4.33. The van der Waals surface area contributed by atoms with E-state index in [1.807, 2.05) is 0 Å². The van der Waals surface area contributed by atoms with Crippen molar-refractivity contribution in [2.75, 3.05) is 18.1 Å². The molecule has 2 atom stereocenters. The number of hydrogen-bond donors (Lipinski definition) is 2. The zero-order valence-electron chi connectivity index (χ0n) is 18.7. The lowest BCUT2D eigenvalue weighted by molar-refractivity contribution is -0.157. The maximum Gasteiger partial charge on any atom is 0.321 e. The summed E-state index contributed by atoms with van der Waals surface area (Å²) in [6, 6.07) is -0.976. The smallest absolute Gasteiger partial charge is 0.321 e. The van der Waals surface area contributed by atoms with Crippen molar-refractivity contribution < 1.29 is 29.0 Å². The number of esters is 2. The topological polar surface area (TPSA) is 116 Å². The number of carboxylic acids is 1. The number of unbranched alkanes of at least 4 members (excludes halogenated alkanes) is 8. The fourth-order valence-corrected chi connectivity index (χ4v) is 3.72. The van der Waals surface area contributed by atoms with E-state index >= 15 is 0 Å². The van der Waals surface area contributed by atoms with Gasteiger partial charge in [-0.2, -0.15) is 11.8 Å². The lowest BCUT2D eigenvalue weighted by Crippen LogP contribution is -2.34. The molecule has 0 aromatic heterocycles. The summed E-state index contributed by atoms with van der Waals surface area (Å²) >= 11 is 1.28. The minimum Gasteiger partial charge on any atom is -0.480 e. The summed E-state index contributed by atoms with van der Waals surface area (Å²) in [4.78, 5) is 34.9. The van der Waals surface area contributed by atoms with Crippen LogP contribution >= 0.6 is 11.8 Å². The molecule has 0 saturated carbocycles. The maximum atomic E-state index is 12.1. The first-order chi connectivity index (χ1) is 14.4. The first kappa shape index (κ1) is 28.7. The number of carbonyl (C=O) groups is 3. The Morgan fingerprint density at radius 2 is 1.37 bits per heavy atom. The molecule has 30 heavy (non-hydrogen) atoms. The van der Waals surface area contributed by atoms with Crippen LogP contribution in [0.3, 0.4) is 0 Å². The minimum absolute atomic E-state index is 0.00925. The lowest BCUT2D eigenvalue weighted by Gasteiger charge is -2.18. The number of carbonyl (C=O) groups excluding carboxylic acids is 2. The Kier molecular flexibility index (Phi) is 18.8. The average molecular weight is 448 g/mol. The summed E-state index contributed by atoms with van der Waals surface area (Å²) in [5.41, 5.74) is 5.51. The highest BCUT2D eigenvalue weighted by atomic mass is 32.2. The lowest BCUT2D eigenvalue weighted by atomic mass is 10.1. The van der Waals surface area contributed by atoms with Crippen LogP contribution in [0.4, 0.5) is 0 Å². The fraction of sp³-hybridized carbons (Fsp3) is 0.864. The summed E-state index contributed by atoms with van der Waals surface area (Å²) in [7, 11) is 0. The van der Waals surface area contributed by atoms with Crippen LogP contribution in [0.15, 0.2) is 0 Å². The number of hydrogen-bond acceptors (Lipinski definition) is 7. The van der Waals surface area contributed by atoms with Crippen LogP contribution in [0.25, 0.3) is 0 Å². The van der Waals surface area contributed by atoms with Crippen LogP contribution < -0.4 is 5.73 Å². The van der Waals surface area contributed by atoms with E-state index in [1.165, 1.54) is 18.2 Å². The molecule has 0 aliphatic heterocycles. The van der Waals surface area contributed by atoms with Crippen molar-refractivity contribution in [2.24, 2.45) is 5.73 Å². The largest absolute Gasteiger partial charge is 0.480 e. The summed E-state index contributed by atoms with van der Waals surface area (Å²) < 4.78 is 10.8. The van der Waals surface area contributed by atoms with E-state index in [9.17, 15) is 14.4 Å². The second kappa shape index (κ2) is 19.7. The molecule has 8 heteroatoms. The van der Waals surface area contributed by atoms with Gasteiger partial charge in [0.25, 0.3) is 0 Å². The highest BCUT2D eigenvalue weighted by Gasteiger charge is 2.19. The molecule has 0 fully saturated rings. The molecule has 0 radical (unpaired) electrons. The Morgan fingerprint density at radius 3 is 1.90 bits per heavy atom. The molecule has 0 aromatic rings. The van der Waals surface area contributed by atoms with Crippen LogP contribution in [0.2, 0.25) is 0 Å². The quantitative estimate of drug-likeness (QED) is 0.209. The molecule has 0 rings (SSSR count). The molecule has 176 valence electrons. The van der Waals surface area contributed by atoms with Crippen molar-refractivity contribution in [3.8, 4) is 0 Å². The number of carboxylic acid groups (broad SMARTS) is 1. The predicted molar refractivity (Wildman–Crippen MR) is 121 cm³/mol. The molecule has 0 aromatic carbocycles.